The van der Waals surface area contributed by atoms with Crippen LogP contribution in [0.5, 0.6) is 5.75 Å². The Morgan fingerprint density at radius 3 is 2.48 bits per heavy atom. The highest BCUT2D eigenvalue weighted by molar-refractivity contribution is 7.14. The molecule has 0 unspecified atom stereocenters. The number of rotatable bonds is 6. The summed E-state index contributed by atoms with van der Waals surface area (Å²) in [6.07, 6.45) is 0. The van der Waals surface area contributed by atoms with Crippen molar-refractivity contribution in [2.24, 2.45) is 0 Å². The van der Waals surface area contributed by atoms with Crippen molar-refractivity contribution in [1.29, 1.82) is 0 Å². The highest BCUT2D eigenvalue weighted by atomic mass is 35.5. The minimum absolute atomic E-state index is 0.0755. The molecule has 1 aliphatic heterocycles. The van der Waals surface area contributed by atoms with E-state index in [2.05, 4.69) is 19.9 Å². The number of carbonyl (C=O) groups excluding carboxylic acids is 1. The van der Waals surface area contributed by atoms with E-state index in [-0.39, 0.29) is 11.7 Å². The number of ether oxygens (including phenoxy) is 1. The van der Waals surface area contributed by atoms with Crippen molar-refractivity contribution in [2.45, 2.75) is 6.61 Å². The number of alkyl halides is 2. The first-order chi connectivity index (χ1) is 15.0. The number of aromatic nitrogens is 1. The maximum Gasteiger partial charge on any atom is 0.387 e. The van der Waals surface area contributed by atoms with E-state index in [0.29, 0.717) is 47.7 Å². The van der Waals surface area contributed by atoms with Crippen molar-refractivity contribution < 1.29 is 18.3 Å². The van der Waals surface area contributed by atoms with E-state index in [1.165, 1.54) is 23.5 Å². The average molecular weight is 465 g/mol. The number of hydrogen-bond acceptors (Lipinski definition) is 6. The third-order valence-electron chi connectivity index (χ3n) is 4.81. The van der Waals surface area contributed by atoms with E-state index in [4.69, 9.17) is 11.6 Å². The standard InChI is InChI=1S/C21H19ClF2N4O2S/c22-16-3-1-2-4-18(16)27-9-11-28(12-10-27)19(29)17-13-31-21(26-17)25-14-5-7-15(8-6-14)30-20(23)24/h1-8,13,20H,9-12H2,(H,25,26). The molecule has 0 aliphatic carbocycles. The van der Waals surface area contributed by atoms with Gasteiger partial charge in [-0.3, -0.25) is 4.79 Å². The smallest absolute Gasteiger partial charge is 0.387 e. The SMILES string of the molecule is O=C(c1csc(Nc2ccc(OC(F)F)cc2)n1)N1CCN(c2ccccc2Cl)CC1. The van der Waals surface area contributed by atoms with Crippen LogP contribution >= 0.6 is 22.9 Å². The number of piperazine rings is 1. The predicted octanol–water partition coefficient (Wildman–Crippen LogP) is 5.10. The Bertz CT molecular complexity index is 1040. The quantitative estimate of drug-likeness (QED) is 0.549. The van der Waals surface area contributed by atoms with Crippen LogP contribution in [0.25, 0.3) is 0 Å². The molecule has 1 N–H and O–H groups in total. The minimum atomic E-state index is -2.86. The maximum atomic E-state index is 12.8. The van der Waals surface area contributed by atoms with E-state index in [1.54, 1.807) is 22.4 Å². The van der Waals surface area contributed by atoms with Gasteiger partial charge in [0.05, 0.1) is 10.7 Å². The molecular formula is C21H19ClF2N4O2S. The molecule has 1 aromatic heterocycles. The fraction of sp³-hybridized carbons (Fsp3) is 0.238. The second kappa shape index (κ2) is 9.49. The normalized spacial score (nSPS) is 14.1. The molecular weight excluding hydrogens is 446 g/mol. The Morgan fingerprint density at radius 1 is 1.10 bits per heavy atom. The zero-order chi connectivity index (χ0) is 21.8. The molecule has 0 spiro atoms. The van der Waals surface area contributed by atoms with Crippen LogP contribution in [0.4, 0.5) is 25.3 Å². The number of nitrogens with one attached hydrogen (secondary N) is 1. The number of anilines is 3. The molecule has 1 fully saturated rings. The van der Waals surface area contributed by atoms with E-state index in [0.717, 1.165) is 5.69 Å². The van der Waals surface area contributed by atoms with E-state index in [1.807, 2.05) is 24.3 Å². The van der Waals surface area contributed by atoms with Crippen molar-refractivity contribution in [3.05, 3.63) is 64.6 Å². The summed E-state index contributed by atoms with van der Waals surface area (Å²) in [4.78, 5) is 21.2. The number of nitrogens with zero attached hydrogens (tertiary/aromatic N) is 3. The van der Waals surface area contributed by atoms with Gasteiger partial charge in [-0.2, -0.15) is 8.78 Å². The topological polar surface area (TPSA) is 57.7 Å². The van der Waals surface area contributed by atoms with E-state index >= 15 is 0 Å². The second-order valence-corrected chi connectivity index (χ2v) is 8.06. The number of para-hydroxylation sites is 1. The summed E-state index contributed by atoms with van der Waals surface area (Å²) in [6.45, 7) is -0.320. The van der Waals surface area contributed by atoms with Crippen LogP contribution < -0.4 is 15.0 Å². The number of thiazole rings is 1. The molecule has 2 aromatic carbocycles. The van der Waals surface area contributed by atoms with Gasteiger partial charge in [0.25, 0.3) is 5.91 Å². The second-order valence-electron chi connectivity index (χ2n) is 6.80. The molecule has 1 saturated heterocycles. The van der Waals surface area contributed by atoms with Crippen LogP contribution in [-0.2, 0) is 0 Å². The van der Waals surface area contributed by atoms with E-state index < -0.39 is 6.61 Å². The third kappa shape index (κ3) is 5.23. The molecule has 31 heavy (non-hydrogen) atoms. The first-order valence-corrected chi connectivity index (χ1v) is 10.8. The van der Waals surface area contributed by atoms with Crippen molar-refractivity contribution >= 4 is 45.4 Å². The molecule has 2 heterocycles. The summed E-state index contributed by atoms with van der Waals surface area (Å²) in [7, 11) is 0. The van der Waals surface area contributed by atoms with Gasteiger partial charge in [0.15, 0.2) is 5.13 Å². The van der Waals surface area contributed by atoms with Gasteiger partial charge in [-0.15, -0.1) is 11.3 Å². The molecule has 0 radical (unpaired) electrons. The number of hydrogen-bond donors (Lipinski definition) is 1. The highest BCUT2D eigenvalue weighted by Crippen LogP contribution is 2.27. The van der Waals surface area contributed by atoms with Crippen LogP contribution in [0.3, 0.4) is 0 Å². The van der Waals surface area contributed by atoms with Crippen molar-refractivity contribution in [3.8, 4) is 5.75 Å². The molecule has 4 rings (SSSR count). The van der Waals surface area contributed by atoms with Crippen LogP contribution in [0.1, 0.15) is 10.5 Å². The summed E-state index contributed by atoms with van der Waals surface area (Å²) < 4.78 is 28.8. The first kappa shape index (κ1) is 21.3. The summed E-state index contributed by atoms with van der Waals surface area (Å²) >= 11 is 7.58. The third-order valence-corrected chi connectivity index (χ3v) is 5.89. The molecule has 0 atom stereocenters. The lowest BCUT2D eigenvalue weighted by Gasteiger charge is -2.36. The molecule has 162 valence electrons. The largest absolute Gasteiger partial charge is 0.435 e. The van der Waals surface area contributed by atoms with Crippen LogP contribution in [0.15, 0.2) is 53.9 Å². The Balaban J connectivity index is 1.34. The van der Waals surface area contributed by atoms with Crippen molar-refractivity contribution in [1.82, 2.24) is 9.88 Å². The Hall–Kier alpha value is -2.91. The van der Waals surface area contributed by atoms with Crippen LogP contribution in [0.2, 0.25) is 5.02 Å². The van der Waals surface area contributed by atoms with Crippen molar-refractivity contribution in [3.63, 3.8) is 0 Å². The summed E-state index contributed by atoms with van der Waals surface area (Å²) in [5, 5.41) is 6.02. The van der Waals surface area contributed by atoms with Gasteiger partial charge in [-0.25, -0.2) is 4.98 Å². The number of carbonyl (C=O) groups is 1. The predicted molar refractivity (Wildman–Crippen MR) is 118 cm³/mol. The molecule has 10 heteroatoms. The summed E-state index contributed by atoms with van der Waals surface area (Å²) in [5.74, 6) is -0.0460. The minimum Gasteiger partial charge on any atom is -0.435 e. The van der Waals surface area contributed by atoms with Gasteiger partial charge >= 0.3 is 6.61 Å². The molecule has 3 aromatic rings. The first-order valence-electron chi connectivity index (χ1n) is 9.56. The van der Waals surface area contributed by atoms with Gasteiger partial charge in [-0.1, -0.05) is 23.7 Å². The summed E-state index contributed by atoms with van der Waals surface area (Å²) in [5.41, 5.74) is 2.00. The molecule has 6 nitrogen and oxygen atoms in total. The summed E-state index contributed by atoms with van der Waals surface area (Å²) in [6, 6.07) is 13.8. The lowest BCUT2D eigenvalue weighted by Crippen LogP contribution is -2.49. The zero-order valence-corrected chi connectivity index (χ0v) is 17.9. The zero-order valence-electron chi connectivity index (χ0n) is 16.3. The number of halogens is 3. The Morgan fingerprint density at radius 2 is 1.81 bits per heavy atom. The van der Waals surface area contributed by atoms with Gasteiger partial charge in [0, 0.05) is 37.2 Å². The molecule has 0 saturated carbocycles. The fourth-order valence-electron chi connectivity index (χ4n) is 3.29. The number of amides is 1. The highest BCUT2D eigenvalue weighted by Gasteiger charge is 2.24. The lowest BCUT2D eigenvalue weighted by atomic mass is 10.2. The van der Waals surface area contributed by atoms with Gasteiger partial charge in [0.2, 0.25) is 0 Å². The fourth-order valence-corrected chi connectivity index (χ4v) is 4.25. The van der Waals surface area contributed by atoms with Crippen LogP contribution in [-0.4, -0.2) is 48.6 Å². The van der Waals surface area contributed by atoms with Gasteiger partial charge in [-0.05, 0) is 36.4 Å². The molecule has 1 amide bonds. The Kier molecular flexibility index (Phi) is 6.53. The van der Waals surface area contributed by atoms with Gasteiger partial charge in [0.1, 0.15) is 11.4 Å². The lowest BCUT2D eigenvalue weighted by molar-refractivity contribution is -0.0498. The maximum absolute atomic E-state index is 12.8. The van der Waals surface area contributed by atoms with E-state index in [9.17, 15) is 13.6 Å². The van der Waals surface area contributed by atoms with Crippen molar-refractivity contribution in [2.75, 3.05) is 36.4 Å². The van der Waals surface area contributed by atoms with Gasteiger partial charge < -0.3 is 19.9 Å². The number of benzene rings is 2. The molecule has 1 aliphatic rings. The average Bonchev–Trinajstić information content (AvgIpc) is 3.23. The molecule has 0 bridgehead atoms. The monoisotopic (exact) mass is 464 g/mol. The Labute approximate surface area is 187 Å². The van der Waals surface area contributed by atoms with Crippen LogP contribution in [0, 0.1) is 0 Å².